The van der Waals surface area contributed by atoms with Crippen LogP contribution in [-0.2, 0) is 14.8 Å². The molecule has 0 aliphatic carbocycles. The average Bonchev–Trinajstić information content (AvgIpc) is 2.60. The Hall–Kier alpha value is -2.61. The molecule has 0 aromatic heterocycles. The lowest BCUT2D eigenvalue weighted by atomic mass is 10.2. The van der Waals surface area contributed by atoms with E-state index in [-0.39, 0.29) is 37.1 Å². The molecule has 0 saturated carbocycles. The fourth-order valence-corrected chi connectivity index (χ4v) is 3.58. The molecule has 0 aliphatic heterocycles. The van der Waals surface area contributed by atoms with Crippen LogP contribution in [0.5, 0.6) is 5.75 Å². The molecule has 0 aliphatic rings. The van der Waals surface area contributed by atoms with E-state index >= 15 is 0 Å². The Labute approximate surface area is 165 Å². The highest BCUT2D eigenvalue weighted by Gasteiger charge is 2.20. The first kappa shape index (κ1) is 21.7. The second kappa shape index (κ2) is 9.54. The van der Waals surface area contributed by atoms with E-state index < -0.39 is 15.8 Å². The average molecular weight is 408 g/mol. The zero-order valence-corrected chi connectivity index (χ0v) is 17.0. The summed E-state index contributed by atoms with van der Waals surface area (Å²) in [7, 11) is -3.66. The Kier molecular flexibility index (Phi) is 7.39. The molecule has 152 valence electrons. The first-order valence-electron chi connectivity index (χ1n) is 8.95. The molecule has 28 heavy (non-hydrogen) atoms. The number of nitrogens with one attached hydrogen (secondary N) is 1. The number of hydrogen-bond donors (Lipinski definition) is 1. The van der Waals surface area contributed by atoms with E-state index in [1.807, 2.05) is 13.8 Å². The number of hydrogen-bond acceptors (Lipinski definition) is 4. The van der Waals surface area contributed by atoms with Crippen LogP contribution in [0.1, 0.15) is 26.7 Å². The third-order valence-electron chi connectivity index (χ3n) is 3.80. The number of amides is 1. The highest BCUT2D eigenvalue weighted by Crippen LogP contribution is 2.22. The van der Waals surface area contributed by atoms with Crippen LogP contribution in [0, 0.1) is 5.82 Å². The smallest absolute Gasteiger partial charge is 0.232 e. The van der Waals surface area contributed by atoms with Gasteiger partial charge in [-0.25, -0.2) is 12.8 Å². The van der Waals surface area contributed by atoms with Crippen molar-refractivity contribution in [2.75, 3.05) is 22.4 Å². The third-order valence-corrected chi connectivity index (χ3v) is 4.98. The number of anilines is 2. The van der Waals surface area contributed by atoms with Crippen LogP contribution in [0.3, 0.4) is 0 Å². The van der Waals surface area contributed by atoms with E-state index in [2.05, 4.69) is 5.32 Å². The van der Waals surface area contributed by atoms with Gasteiger partial charge in [0.05, 0.1) is 18.0 Å². The highest BCUT2D eigenvalue weighted by molar-refractivity contribution is 7.92. The summed E-state index contributed by atoms with van der Waals surface area (Å²) in [6.45, 7) is 3.86. The predicted molar refractivity (Wildman–Crippen MR) is 109 cm³/mol. The Morgan fingerprint density at radius 1 is 1.14 bits per heavy atom. The van der Waals surface area contributed by atoms with Crippen molar-refractivity contribution in [3.8, 4) is 5.75 Å². The number of sulfonamides is 1. The van der Waals surface area contributed by atoms with E-state index in [0.717, 1.165) is 10.6 Å². The lowest BCUT2D eigenvalue weighted by Crippen LogP contribution is -2.32. The maximum absolute atomic E-state index is 14.0. The predicted octanol–water partition coefficient (Wildman–Crippen LogP) is 3.80. The van der Waals surface area contributed by atoms with Gasteiger partial charge in [0.1, 0.15) is 11.6 Å². The van der Waals surface area contributed by atoms with Crippen LogP contribution in [-0.4, -0.2) is 33.2 Å². The molecule has 0 spiro atoms. The Morgan fingerprint density at radius 3 is 2.36 bits per heavy atom. The first-order valence-corrected chi connectivity index (χ1v) is 10.8. The van der Waals surface area contributed by atoms with Crippen molar-refractivity contribution >= 4 is 27.3 Å². The molecule has 0 bridgehead atoms. The standard InChI is InChI=1S/C20H25FN2O4S/c1-15(2)27-17-12-10-16(11-13-17)22-20(24)9-6-14-23(28(3,25)26)19-8-5-4-7-18(19)21/h4-5,7-8,10-13,15H,6,9,14H2,1-3H3,(H,22,24). The number of nitrogens with zero attached hydrogens (tertiary/aromatic N) is 1. The topological polar surface area (TPSA) is 75.7 Å². The van der Waals surface area contributed by atoms with Crippen molar-refractivity contribution in [1.29, 1.82) is 0 Å². The third kappa shape index (κ3) is 6.53. The van der Waals surface area contributed by atoms with Gasteiger partial charge in [0.25, 0.3) is 0 Å². The zero-order chi connectivity index (χ0) is 20.7. The molecule has 2 aromatic rings. The SMILES string of the molecule is CC(C)Oc1ccc(NC(=O)CCCN(c2ccccc2F)S(C)(=O)=O)cc1. The van der Waals surface area contributed by atoms with Gasteiger partial charge in [-0.1, -0.05) is 12.1 Å². The molecule has 0 radical (unpaired) electrons. The van der Waals surface area contributed by atoms with Crippen LogP contribution >= 0.6 is 0 Å². The molecule has 0 atom stereocenters. The normalized spacial score (nSPS) is 11.3. The molecule has 1 amide bonds. The van der Waals surface area contributed by atoms with Gasteiger partial charge >= 0.3 is 0 Å². The quantitative estimate of drug-likeness (QED) is 0.685. The first-order chi connectivity index (χ1) is 13.2. The lowest BCUT2D eigenvalue weighted by molar-refractivity contribution is -0.116. The minimum Gasteiger partial charge on any atom is -0.491 e. The fourth-order valence-electron chi connectivity index (χ4n) is 2.61. The number of ether oxygens (including phenoxy) is 1. The summed E-state index contributed by atoms with van der Waals surface area (Å²) in [5.41, 5.74) is 0.598. The van der Waals surface area contributed by atoms with E-state index in [0.29, 0.717) is 11.4 Å². The Morgan fingerprint density at radius 2 is 1.79 bits per heavy atom. The van der Waals surface area contributed by atoms with Gasteiger partial charge in [0, 0.05) is 18.7 Å². The zero-order valence-electron chi connectivity index (χ0n) is 16.2. The summed E-state index contributed by atoms with van der Waals surface area (Å²) >= 11 is 0. The van der Waals surface area contributed by atoms with Gasteiger partial charge in [0.2, 0.25) is 15.9 Å². The van der Waals surface area contributed by atoms with Gasteiger partial charge in [-0.3, -0.25) is 9.10 Å². The van der Waals surface area contributed by atoms with Gasteiger partial charge in [0.15, 0.2) is 0 Å². The summed E-state index contributed by atoms with van der Waals surface area (Å²) < 4.78 is 44.5. The van der Waals surface area contributed by atoms with Crippen molar-refractivity contribution < 1.29 is 22.3 Å². The van der Waals surface area contributed by atoms with Gasteiger partial charge in [-0.05, 0) is 56.7 Å². The number of para-hydroxylation sites is 1. The van der Waals surface area contributed by atoms with Crippen molar-refractivity contribution in [2.45, 2.75) is 32.8 Å². The van der Waals surface area contributed by atoms with E-state index in [1.54, 1.807) is 30.3 Å². The maximum Gasteiger partial charge on any atom is 0.232 e. The molecule has 2 rings (SSSR count). The molecule has 8 heteroatoms. The molecular formula is C20H25FN2O4S. The van der Waals surface area contributed by atoms with Crippen molar-refractivity contribution in [2.24, 2.45) is 0 Å². The second-order valence-corrected chi connectivity index (χ2v) is 8.54. The number of carbonyl (C=O) groups is 1. The van der Waals surface area contributed by atoms with Gasteiger partial charge < -0.3 is 10.1 Å². The van der Waals surface area contributed by atoms with Crippen molar-refractivity contribution in [1.82, 2.24) is 0 Å². The number of carbonyl (C=O) groups excluding carboxylic acids is 1. The van der Waals surface area contributed by atoms with Crippen LogP contribution in [0.15, 0.2) is 48.5 Å². The summed E-state index contributed by atoms with van der Waals surface area (Å²) in [5, 5.41) is 2.75. The Balaban J connectivity index is 1.92. The highest BCUT2D eigenvalue weighted by atomic mass is 32.2. The molecule has 6 nitrogen and oxygen atoms in total. The van der Waals surface area contributed by atoms with E-state index in [9.17, 15) is 17.6 Å². The number of rotatable bonds is 9. The summed E-state index contributed by atoms with van der Waals surface area (Å²) in [6.07, 6.45) is 1.43. The molecular weight excluding hydrogens is 383 g/mol. The molecule has 0 unspecified atom stereocenters. The Bertz CT molecular complexity index is 899. The minimum atomic E-state index is -3.66. The molecule has 0 fully saturated rings. The van der Waals surface area contributed by atoms with Crippen LogP contribution in [0.25, 0.3) is 0 Å². The van der Waals surface area contributed by atoms with E-state index in [1.165, 1.54) is 18.2 Å². The molecule has 1 N–H and O–H groups in total. The number of benzene rings is 2. The van der Waals surface area contributed by atoms with Crippen LogP contribution in [0.4, 0.5) is 15.8 Å². The maximum atomic E-state index is 14.0. The summed E-state index contributed by atoms with van der Waals surface area (Å²) in [5.74, 6) is -0.165. The lowest BCUT2D eigenvalue weighted by Gasteiger charge is -2.22. The molecule has 0 saturated heterocycles. The van der Waals surface area contributed by atoms with E-state index in [4.69, 9.17) is 4.74 Å². The second-order valence-electron chi connectivity index (χ2n) is 6.63. The summed E-state index contributed by atoms with van der Waals surface area (Å²) in [4.78, 5) is 12.1. The molecule has 0 heterocycles. The van der Waals surface area contributed by atoms with Crippen LogP contribution in [0.2, 0.25) is 0 Å². The van der Waals surface area contributed by atoms with Crippen LogP contribution < -0.4 is 14.4 Å². The monoisotopic (exact) mass is 408 g/mol. The van der Waals surface area contributed by atoms with Gasteiger partial charge in [-0.2, -0.15) is 0 Å². The fraction of sp³-hybridized carbons (Fsp3) is 0.350. The van der Waals surface area contributed by atoms with Crippen molar-refractivity contribution in [3.63, 3.8) is 0 Å². The number of halogens is 1. The summed E-state index contributed by atoms with van der Waals surface area (Å²) in [6, 6.07) is 12.7. The van der Waals surface area contributed by atoms with Crippen molar-refractivity contribution in [3.05, 3.63) is 54.3 Å². The minimum absolute atomic E-state index is 0.00829. The molecule has 2 aromatic carbocycles. The van der Waals surface area contributed by atoms with Gasteiger partial charge in [-0.15, -0.1) is 0 Å². The largest absolute Gasteiger partial charge is 0.491 e.